The molecular weight excluding hydrogens is 307 g/mol. The molecule has 0 saturated carbocycles. The van der Waals surface area contributed by atoms with Gasteiger partial charge in [-0.1, -0.05) is 0 Å². The number of rotatable bonds is 2. The molecule has 22 heavy (non-hydrogen) atoms. The first-order valence-corrected chi connectivity index (χ1v) is 7.84. The smallest absolute Gasteiger partial charge is 0.398 e. The Hall–Kier alpha value is -1.31. The molecule has 1 aromatic heterocycles. The van der Waals surface area contributed by atoms with Crippen molar-refractivity contribution < 1.29 is 18.1 Å². The zero-order valence-corrected chi connectivity index (χ0v) is 13.6. The number of benzene rings is 1. The van der Waals surface area contributed by atoms with Gasteiger partial charge in [-0.2, -0.15) is 0 Å². The fourth-order valence-electron chi connectivity index (χ4n) is 2.12. The van der Waals surface area contributed by atoms with E-state index >= 15 is 0 Å². The Morgan fingerprint density at radius 3 is 2.27 bits per heavy atom. The Balaban J connectivity index is 1.87. The third-order valence-corrected chi connectivity index (χ3v) is 5.09. The van der Waals surface area contributed by atoms with E-state index in [4.69, 9.17) is 9.31 Å². The van der Waals surface area contributed by atoms with Gasteiger partial charge in [0.1, 0.15) is 5.01 Å². The molecular formula is C15H16BF2NO2S. The van der Waals surface area contributed by atoms with Crippen molar-refractivity contribution in [1.29, 1.82) is 0 Å². The lowest BCUT2D eigenvalue weighted by Crippen LogP contribution is -2.41. The summed E-state index contributed by atoms with van der Waals surface area (Å²) in [6.45, 7) is 7.87. The van der Waals surface area contributed by atoms with Gasteiger partial charge in [-0.15, -0.1) is 11.3 Å². The van der Waals surface area contributed by atoms with Crippen molar-refractivity contribution in [3.05, 3.63) is 35.2 Å². The van der Waals surface area contributed by atoms with Gasteiger partial charge in [-0.25, -0.2) is 13.8 Å². The molecule has 1 aliphatic heterocycles. The van der Waals surface area contributed by atoms with Crippen LogP contribution in [0.5, 0.6) is 0 Å². The van der Waals surface area contributed by atoms with Crippen LogP contribution in [0, 0.1) is 11.6 Å². The third-order valence-electron chi connectivity index (χ3n) is 4.18. The first-order chi connectivity index (χ1) is 10.2. The highest BCUT2D eigenvalue weighted by atomic mass is 32.1. The van der Waals surface area contributed by atoms with E-state index in [0.29, 0.717) is 16.2 Å². The monoisotopic (exact) mass is 323 g/mol. The molecule has 0 amide bonds. The van der Waals surface area contributed by atoms with E-state index in [1.54, 1.807) is 0 Å². The molecule has 2 heterocycles. The van der Waals surface area contributed by atoms with Gasteiger partial charge in [0.15, 0.2) is 11.6 Å². The Kier molecular flexibility index (Phi) is 3.62. The molecule has 0 spiro atoms. The topological polar surface area (TPSA) is 31.4 Å². The fraction of sp³-hybridized carbons (Fsp3) is 0.400. The summed E-state index contributed by atoms with van der Waals surface area (Å²) in [6.07, 6.45) is 0. The van der Waals surface area contributed by atoms with Crippen LogP contribution in [0.15, 0.2) is 23.6 Å². The molecule has 3 nitrogen and oxygen atoms in total. The maximum Gasteiger partial charge on any atom is 0.515 e. The zero-order chi connectivity index (χ0) is 16.1. The molecule has 1 aliphatic rings. The highest BCUT2D eigenvalue weighted by molar-refractivity contribution is 7.14. The number of thiazole rings is 1. The second kappa shape index (κ2) is 5.11. The fourth-order valence-corrected chi connectivity index (χ4v) is 2.94. The second-order valence-electron chi connectivity index (χ2n) is 6.29. The minimum absolute atomic E-state index is 0.441. The molecule has 0 aliphatic carbocycles. The van der Waals surface area contributed by atoms with E-state index < -0.39 is 30.0 Å². The average molecular weight is 323 g/mol. The van der Waals surface area contributed by atoms with Crippen LogP contribution in [0.3, 0.4) is 0 Å². The van der Waals surface area contributed by atoms with Crippen molar-refractivity contribution in [2.45, 2.75) is 38.9 Å². The highest BCUT2D eigenvalue weighted by Gasteiger charge is 2.52. The van der Waals surface area contributed by atoms with Gasteiger partial charge in [-0.3, -0.25) is 0 Å². The summed E-state index contributed by atoms with van der Waals surface area (Å²) in [5.74, 6) is -1.75. The molecule has 1 aromatic carbocycles. The molecule has 1 fully saturated rings. The number of hydrogen-bond donors (Lipinski definition) is 0. The quantitative estimate of drug-likeness (QED) is 0.794. The summed E-state index contributed by atoms with van der Waals surface area (Å²) in [6, 6.07) is 3.74. The molecule has 0 N–H and O–H groups in total. The van der Waals surface area contributed by atoms with Crippen molar-refractivity contribution in [2.24, 2.45) is 0 Å². The van der Waals surface area contributed by atoms with E-state index in [1.807, 2.05) is 33.1 Å². The standard InChI is InChI=1S/C15H16BF2NO2S/c1-14(2)15(3,4)21-16(20-14)12-8-22-13(19-12)9-5-6-10(17)11(18)7-9/h5-8H,1-4H3. The number of nitrogens with zero attached hydrogens (tertiary/aromatic N) is 1. The first kappa shape index (κ1) is 15.6. The Labute approximate surface area is 132 Å². The predicted molar refractivity (Wildman–Crippen MR) is 83.2 cm³/mol. The molecule has 1 saturated heterocycles. The maximum atomic E-state index is 13.3. The van der Waals surface area contributed by atoms with Crippen LogP contribution in [0.1, 0.15) is 27.7 Å². The van der Waals surface area contributed by atoms with Crippen molar-refractivity contribution in [2.75, 3.05) is 0 Å². The van der Waals surface area contributed by atoms with Crippen molar-refractivity contribution >= 4 is 24.0 Å². The van der Waals surface area contributed by atoms with Gasteiger partial charge in [0, 0.05) is 10.9 Å². The van der Waals surface area contributed by atoms with Gasteiger partial charge in [0.25, 0.3) is 0 Å². The molecule has 2 aromatic rings. The lowest BCUT2D eigenvalue weighted by Gasteiger charge is -2.32. The molecule has 0 atom stereocenters. The molecule has 0 bridgehead atoms. The lowest BCUT2D eigenvalue weighted by molar-refractivity contribution is 0.00578. The van der Waals surface area contributed by atoms with Crippen LogP contribution >= 0.6 is 11.3 Å². The van der Waals surface area contributed by atoms with Crippen LogP contribution in [-0.2, 0) is 9.31 Å². The van der Waals surface area contributed by atoms with Crippen LogP contribution in [-0.4, -0.2) is 23.3 Å². The second-order valence-corrected chi connectivity index (χ2v) is 7.15. The van der Waals surface area contributed by atoms with Gasteiger partial charge in [-0.05, 0) is 45.9 Å². The SMILES string of the molecule is CC1(C)OB(c2csc(-c3ccc(F)c(F)c3)n2)OC1(C)C. The van der Waals surface area contributed by atoms with Gasteiger partial charge in [0.2, 0.25) is 0 Å². The molecule has 7 heteroatoms. The van der Waals surface area contributed by atoms with Crippen LogP contribution in [0.2, 0.25) is 0 Å². The Bertz CT molecular complexity index is 701. The van der Waals surface area contributed by atoms with Crippen molar-refractivity contribution in [1.82, 2.24) is 4.98 Å². The Morgan fingerprint density at radius 2 is 1.68 bits per heavy atom. The molecule has 0 unspecified atom stereocenters. The first-order valence-electron chi connectivity index (χ1n) is 6.96. The van der Waals surface area contributed by atoms with Gasteiger partial charge >= 0.3 is 7.12 Å². The summed E-state index contributed by atoms with van der Waals surface area (Å²) in [7, 11) is -0.555. The van der Waals surface area contributed by atoms with E-state index in [9.17, 15) is 8.78 Å². The van der Waals surface area contributed by atoms with Gasteiger partial charge < -0.3 is 9.31 Å². The lowest BCUT2D eigenvalue weighted by atomic mass is 9.86. The number of aromatic nitrogens is 1. The maximum absolute atomic E-state index is 13.3. The summed E-state index contributed by atoms with van der Waals surface area (Å²) >= 11 is 1.34. The largest absolute Gasteiger partial charge is 0.515 e. The summed E-state index contributed by atoms with van der Waals surface area (Å²) in [4.78, 5) is 4.44. The van der Waals surface area contributed by atoms with Crippen LogP contribution in [0.4, 0.5) is 8.78 Å². The summed E-state index contributed by atoms with van der Waals surface area (Å²) < 4.78 is 38.2. The van der Waals surface area contributed by atoms with Crippen LogP contribution in [0.25, 0.3) is 10.6 Å². The summed E-state index contributed by atoms with van der Waals surface area (Å²) in [5, 5.41) is 2.42. The highest BCUT2D eigenvalue weighted by Crippen LogP contribution is 2.36. The molecule has 0 radical (unpaired) electrons. The average Bonchev–Trinajstić information content (AvgIpc) is 2.97. The Morgan fingerprint density at radius 1 is 1.05 bits per heavy atom. The van der Waals surface area contributed by atoms with E-state index in [2.05, 4.69) is 4.98 Å². The zero-order valence-electron chi connectivity index (χ0n) is 12.8. The van der Waals surface area contributed by atoms with E-state index in [-0.39, 0.29) is 0 Å². The molecule has 116 valence electrons. The van der Waals surface area contributed by atoms with E-state index in [1.165, 1.54) is 17.4 Å². The van der Waals surface area contributed by atoms with Crippen molar-refractivity contribution in [3.8, 4) is 10.6 Å². The molecule has 3 rings (SSSR count). The van der Waals surface area contributed by atoms with E-state index in [0.717, 1.165) is 12.1 Å². The normalized spacial score (nSPS) is 19.6. The predicted octanol–water partition coefficient (Wildman–Crippen LogP) is 3.39. The number of halogens is 2. The third kappa shape index (κ3) is 2.57. The van der Waals surface area contributed by atoms with Crippen LogP contribution < -0.4 is 5.59 Å². The van der Waals surface area contributed by atoms with Crippen molar-refractivity contribution in [3.63, 3.8) is 0 Å². The summed E-state index contributed by atoms with van der Waals surface area (Å²) in [5.41, 5.74) is 0.294. The number of hydrogen-bond acceptors (Lipinski definition) is 4. The minimum Gasteiger partial charge on any atom is -0.398 e. The minimum atomic E-state index is -0.884. The van der Waals surface area contributed by atoms with Gasteiger partial charge in [0.05, 0.1) is 16.8 Å².